The van der Waals surface area contributed by atoms with E-state index in [0.29, 0.717) is 62.4 Å². The molecule has 0 aromatic carbocycles. The number of morpholine rings is 2. The second kappa shape index (κ2) is 8.51. The van der Waals surface area contributed by atoms with Crippen LogP contribution in [-0.4, -0.2) is 71.5 Å². The number of aromatic nitrogens is 4. The van der Waals surface area contributed by atoms with Crippen LogP contribution in [0.25, 0.3) is 22.3 Å². The Morgan fingerprint density at radius 2 is 1.50 bits per heavy atom. The van der Waals surface area contributed by atoms with Gasteiger partial charge in [0.2, 0.25) is 17.8 Å². The van der Waals surface area contributed by atoms with Crippen LogP contribution in [0, 0.1) is 11.9 Å². The molecule has 0 amide bonds. The fourth-order valence-corrected chi connectivity index (χ4v) is 4.17. The summed E-state index contributed by atoms with van der Waals surface area (Å²) < 4.78 is 38.5. The summed E-state index contributed by atoms with van der Waals surface area (Å²) in [6.45, 7) is 7.94. The van der Waals surface area contributed by atoms with Crippen molar-refractivity contribution in [3.63, 3.8) is 0 Å². The van der Waals surface area contributed by atoms with E-state index in [1.54, 1.807) is 6.07 Å². The van der Waals surface area contributed by atoms with Crippen molar-refractivity contribution in [2.24, 2.45) is 0 Å². The SMILES string of the molecule is C[C@H]1COCCN1c1nc(N2CCOC[C@@H]2C)c2ccc(-c3cc(F)nc(F)c3)nc2n1. The normalized spacial score (nSPS) is 21.9. The first kappa shape index (κ1) is 20.9. The first-order valence-electron chi connectivity index (χ1n) is 10.7. The summed E-state index contributed by atoms with van der Waals surface area (Å²) in [4.78, 5) is 21.8. The van der Waals surface area contributed by atoms with E-state index in [4.69, 9.17) is 19.4 Å². The number of hydrogen-bond donors (Lipinski definition) is 0. The third-order valence-electron chi connectivity index (χ3n) is 5.85. The molecule has 3 aromatic rings. The van der Waals surface area contributed by atoms with Gasteiger partial charge in [-0.15, -0.1) is 0 Å². The number of pyridine rings is 2. The lowest BCUT2D eigenvalue weighted by Crippen LogP contribution is -2.46. The molecule has 0 aliphatic carbocycles. The highest BCUT2D eigenvalue weighted by atomic mass is 19.1. The molecule has 0 radical (unpaired) electrons. The van der Waals surface area contributed by atoms with Crippen molar-refractivity contribution < 1.29 is 18.3 Å². The molecule has 8 nitrogen and oxygen atoms in total. The molecule has 10 heteroatoms. The molecule has 5 heterocycles. The molecule has 2 saturated heterocycles. The van der Waals surface area contributed by atoms with Gasteiger partial charge in [-0.05, 0) is 26.0 Å². The molecule has 0 bridgehead atoms. The molecule has 3 aromatic heterocycles. The number of ether oxygens (including phenoxy) is 2. The second-order valence-electron chi connectivity index (χ2n) is 8.15. The summed E-state index contributed by atoms with van der Waals surface area (Å²) in [7, 11) is 0. The maximum Gasteiger partial charge on any atom is 0.229 e. The van der Waals surface area contributed by atoms with Gasteiger partial charge in [-0.2, -0.15) is 23.7 Å². The summed E-state index contributed by atoms with van der Waals surface area (Å²) in [5, 5.41) is 0.780. The zero-order valence-electron chi connectivity index (χ0n) is 18.0. The average molecular weight is 442 g/mol. The molecule has 168 valence electrons. The monoisotopic (exact) mass is 442 g/mol. The number of fused-ring (bicyclic) bond motifs is 1. The third-order valence-corrected chi connectivity index (χ3v) is 5.85. The van der Waals surface area contributed by atoms with Gasteiger partial charge in [-0.3, -0.25) is 0 Å². The number of rotatable bonds is 3. The number of halogens is 2. The van der Waals surface area contributed by atoms with E-state index in [1.165, 1.54) is 0 Å². The molecule has 2 aliphatic heterocycles. The minimum atomic E-state index is -0.893. The van der Waals surface area contributed by atoms with E-state index < -0.39 is 11.9 Å². The van der Waals surface area contributed by atoms with Crippen molar-refractivity contribution in [1.82, 2.24) is 19.9 Å². The fraction of sp³-hybridized carbons (Fsp3) is 0.455. The van der Waals surface area contributed by atoms with Gasteiger partial charge < -0.3 is 19.3 Å². The quantitative estimate of drug-likeness (QED) is 0.574. The first-order valence-corrected chi connectivity index (χ1v) is 10.7. The van der Waals surface area contributed by atoms with Crippen LogP contribution in [0.15, 0.2) is 24.3 Å². The molecular formula is C22H24F2N6O2. The van der Waals surface area contributed by atoms with E-state index in [0.717, 1.165) is 23.3 Å². The summed E-state index contributed by atoms with van der Waals surface area (Å²) in [6, 6.07) is 6.16. The van der Waals surface area contributed by atoms with Crippen LogP contribution in [-0.2, 0) is 9.47 Å². The standard InChI is InChI=1S/C22H24F2N6O2/c1-13-11-31-7-5-29(13)21-16-3-4-17(15-9-18(23)26-19(24)10-15)25-20(16)27-22(28-21)30-6-8-32-12-14(30)2/h3-4,9-10,13-14H,5-8,11-12H2,1-2H3/t13-,14-/m0/s1. The summed E-state index contributed by atoms with van der Waals surface area (Å²) in [6.07, 6.45) is 0. The highest BCUT2D eigenvalue weighted by Gasteiger charge is 2.27. The van der Waals surface area contributed by atoms with Gasteiger partial charge >= 0.3 is 0 Å². The van der Waals surface area contributed by atoms with Crippen LogP contribution < -0.4 is 9.80 Å². The molecule has 0 saturated carbocycles. The maximum absolute atomic E-state index is 13.7. The van der Waals surface area contributed by atoms with Gasteiger partial charge in [-0.25, -0.2) is 4.98 Å². The fourth-order valence-electron chi connectivity index (χ4n) is 4.17. The number of hydrogen-bond acceptors (Lipinski definition) is 8. The van der Waals surface area contributed by atoms with E-state index >= 15 is 0 Å². The Balaban J connectivity index is 1.66. The average Bonchev–Trinajstić information content (AvgIpc) is 2.78. The van der Waals surface area contributed by atoms with Crippen LogP contribution in [0.3, 0.4) is 0 Å². The van der Waals surface area contributed by atoms with Crippen LogP contribution in [0.4, 0.5) is 20.5 Å². The van der Waals surface area contributed by atoms with Crippen molar-refractivity contribution in [2.45, 2.75) is 25.9 Å². The largest absolute Gasteiger partial charge is 0.377 e. The summed E-state index contributed by atoms with van der Waals surface area (Å²) in [5.74, 6) is -0.435. The Morgan fingerprint density at radius 3 is 2.16 bits per heavy atom. The second-order valence-corrected chi connectivity index (χ2v) is 8.15. The van der Waals surface area contributed by atoms with Crippen molar-refractivity contribution in [3.05, 3.63) is 36.2 Å². The minimum absolute atomic E-state index is 0.114. The van der Waals surface area contributed by atoms with E-state index in [9.17, 15) is 8.78 Å². The first-order chi connectivity index (χ1) is 15.5. The van der Waals surface area contributed by atoms with Gasteiger partial charge in [0.25, 0.3) is 0 Å². The van der Waals surface area contributed by atoms with Gasteiger partial charge in [0.1, 0.15) is 5.82 Å². The lowest BCUT2D eigenvalue weighted by Gasteiger charge is -2.37. The van der Waals surface area contributed by atoms with E-state index in [-0.39, 0.29) is 12.1 Å². The third kappa shape index (κ3) is 3.95. The van der Waals surface area contributed by atoms with Crippen LogP contribution in [0.1, 0.15) is 13.8 Å². The Kier molecular flexibility index (Phi) is 5.56. The zero-order valence-corrected chi connectivity index (χ0v) is 18.0. The van der Waals surface area contributed by atoms with E-state index in [2.05, 4.69) is 33.6 Å². The Bertz CT molecular complexity index is 1130. The summed E-state index contributed by atoms with van der Waals surface area (Å²) >= 11 is 0. The lowest BCUT2D eigenvalue weighted by atomic mass is 10.1. The molecule has 0 spiro atoms. The Hall–Kier alpha value is -2.98. The zero-order chi connectivity index (χ0) is 22.2. The molecule has 0 unspecified atom stereocenters. The van der Waals surface area contributed by atoms with Gasteiger partial charge in [0.15, 0.2) is 5.65 Å². The molecule has 2 fully saturated rings. The van der Waals surface area contributed by atoms with Gasteiger partial charge in [0, 0.05) is 30.8 Å². The van der Waals surface area contributed by atoms with Crippen molar-refractivity contribution in [2.75, 3.05) is 49.3 Å². The topological polar surface area (TPSA) is 76.5 Å². The smallest absolute Gasteiger partial charge is 0.229 e. The molecule has 32 heavy (non-hydrogen) atoms. The van der Waals surface area contributed by atoms with E-state index in [1.807, 2.05) is 6.07 Å². The molecule has 2 atom stereocenters. The van der Waals surface area contributed by atoms with Crippen molar-refractivity contribution in [1.29, 1.82) is 0 Å². The molecule has 0 N–H and O–H groups in total. The number of nitrogens with zero attached hydrogens (tertiary/aromatic N) is 6. The van der Waals surface area contributed by atoms with Crippen molar-refractivity contribution >= 4 is 22.8 Å². The highest BCUT2D eigenvalue weighted by molar-refractivity contribution is 5.90. The maximum atomic E-state index is 13.7. The summed E-state index contributed by atoms with van der Waals surface area (Å²) in [5.41, 5.74) is 1.19. The Morgan fingerprint density at radius 1 is 0.844 bits per heavy atom. The van der Waals surface area contributed by atoms with Crippen molar-refractivity contribution in [3.8, 4) is 11.3 Å². The predicted molar refractivity (Wildman–Crippen MR) is 116 cm³/mol. The van der Waals surface area contributed by atoms with Crippen LogP contribution in [0.2, 0.25) is 0 Å². The predicted octanol–water partition coefficient (Wildman–Crippen LogP) is 2.82. The highest BCUT2D eigenvalue weighted by Crippen LogP contribution is 2.31. The molecule has 5 rings (SSSR count). The van der Waals surface area contributed by atoms with Crippen LogP contribution in [0.5, 0.6) is 0 Å². The minimum Gasteiger partial charge on any atom is -0.377 e. The Labute approximate surface area is 184 Å². The molecule has 2 aliphatic rings. The number of anilines is 2. The molecular weight excluding hydrogens is 418 g/mol. The lowest BCUT2D eigenvalue weighted by molar-refractivity contribution is 0.0973. The van der Waals surface area contributed by atoms with Crippen LogP contribution >= 0.6 is 0 Å². The van der Waals surface area contributed by atoms with Gasteiger partial charge in [0.05, 0.1) is 49.6 Å². The van der Waals surface area contributed by atoms with Gasteiger partial charge in [-0.1, -0.05) is 0 Å².